The summed E-state index contributed by atoms with van der Waals surface area (Å²) >= 11 is 8.84. The highest BCUT2D eigenvalue weighted by atomic mass is 80.0. The fourth-order valence-corrected chi connectivity index (χ4v) is 4.01. The van der Waals surface area contributed by atoms with Crippen LogP contribution >= 0.6 is 47.8 Å². The lowest BCUT2D eigenvalue weighted by molar-refractivity contribution is -0.386. The van der Waals surface area contributed by atoms with Crippen LogP contribution in [0.3, 0.4) is 0 Å². The SMILES string of the molecule is CCOc1cc(S(=O)(=O)C(Br)(Br)Br)c(OCC)cc1[N+](=O)[O-]. The Morgan fingerprint density at radius 2 is 1.64 bits per heavy atom. The molecule has 0 aliphatic carbocycles. The first-order chi connectivity index (χ1) is 10.1. The van der Waals surface area contributed by atoms with Gasteiger partial charge in [0.2, 0.25) is 11.3 Å². The van der Waals surface area contributed by atoms with Gasteiger partial charge in [-0.25, -0.2) is 8.42 Å². The minimum absolute atomic E-state index is 0.125. The molecule has 22 heavy (non-hydrogen) atoms. The minimum atomic E-state index is -3.99. The molecule has 0 saturated carbocycles. The fraction of sp³-hybridized carbons (Fsp3) is 0.455. The van der Waals surface area contributed by atoms with Crippen LogP contribution in [0.2, 0.25) is 0 Å². The van der Waals surface area contributed by atoms with Crippen molar-refractivity contribution >= 4 is 63.3 Å². The van der Waals surface area contributed by atoms with Crippen LogP contribution in [0.25, 0.3) is 0 Å². The molecule has 0 aromatic heterocycles. The average Bonchev–Trinajstić information content (AvgIpc) is 2.38. The second kappa shape index (κ2) is 7.45. The molecule has 0 heterocycles. The number of benzene rings is 1. The van der Waals surface area contributed by atoms with Crippen molar-refractivity contribution < 1.29 is 22.8 Å². The molecule has 0 atom stereocenters. The van der Waals surface area contributed by atoms with Crippen molar-refractivity contribution in [2.45, 2.75) is 20.2 Å². The number of hydrogen-bond donors (Lipinski definition) is 0. The topological polar surface area (TPSA) is 95.7 Å². The van der Waals surface area contributed by atoms with E-state index in [4.69, 9.17) is 9.47 Å². The smallest absolute Gasteiger partial charge is 0.314 e. The molecular formula is C11H12Br3NO6S. The Hall–Kier alpha value is -0.390. The molecule has 0 bridgehead atoms. The van der Waals surface area contributed by atoms with E-state index in [-0.39, 0.29) is 35.3 Å². The Bertz CT molecular complexity index is 671. The van der Waals surface area contributed by atoms with Gasteiger partial charge >= 0.3 is 5.69 Å². The molecule has 0 spiro atoms. The number of nitro benzene ring substituents is 1. The maximum Gasteiger partial charge on any atom is 0.314 e. The molecule has 124 valence electrons. The number of sulfone groups is 1. The lowest BCUT2D eigenvalue weighted by Gasteiger charge is -2.18. The quantitative estimate of drug-likeness (QED) is 0.317. The number of rotatable bonds is 6. The Balaban J connectivity index is 3.69. The summed E-state index contributed by atoms with van der Waals surface area (Å²) in [7, 11) is -3.99. The van der Waals surface area contributed by atoms with Gasteiger partial charge in [0.05, 0.1) is 24.2 Å². The number of alkyl halides is 3. The average molecular weight is 526 g/mol. The summed E-state index contributed by atoms with van der Waals surface area (Å²) in [6.45, 7) is 3.57. The molecule has 0 radical (unpaired) electrons. The zero-order valence-electron chi connectivity index (χ0n) is 11.5. The predicted octanol–water partition coefficient (Wildman–Crippen LogP) is 3.96. The summed E-state index contributed by atoms with van der Waals surface area (Å²) in [5.41, 5.74) is -0.367. The highest BCUT2D eigenvalue weighted by Crippen LogP contribution is 2.47. The molecule has 0 saturated heterocycles. The van der Waals surface area contributed by atoms with E-state index in [1.54, 1.807) is 13.8 Å². The van der Waals surface area contributed by atoms with Gasteiger partial charge in [0, 0.05) is 6.07 Å². The van der Waals surface area contributed by atoms with Gasteiger partial charge in [-0.2, -0.15) is 0 Å². The summed E-state index contributed by atoms with van der Waals surface area (Å²) in [5, 5.41) is 11.1. The number of ether oxygens (including phenoxy) is 2. The summed E-state index contributed by atoms with van der Waals surface area (Å²) in [5.74, 6) is -0.272. The van der Waals surface area contributed by atoms with Crippen molar-refractivity contribution in [1.82, 2.24) is 0 Å². The molecule has 1 aromatic carbocycles. The third-order valence-electron chi connectivity index (χ3n) is 2.42. The molecule has 11 heteroatoms. The predicted molar refractivity (Wildman–Crippen MR) is 92.1 cm³/mol. The van der Waals surface area contributed by atoms with E-state index in [2.05, 4.69) is 47.8 Å². The van der Waals surface area contributed by atoms with Crippen LogP contribution in [0, 0.1) is 10.1 Å². The molecule has 0 N–H and O–H groups in total. The molecule has 1 rings (SSSR count). The largest absolute Gasteiger partial charge is 0.492 e. The van der Waals surface area contributed by atoms with Gasteiger partial charge in [-0.05, 0) is 61.6 Å². The van der Waals surface area contributed by atoms with Gasteiger partial charge in [-0.3, -0.25) is 10.1 Å². The second-order valence-corrected chi connectivity index (χ2v) is 14.2. The molecule has 0 aliphatic rings. The summed E-state index contributed by atoms with van der Waals surface area (Å²) in [6.07, 6.45) is 0. The third-order valence-corrected chi connectivity index (χ3v) is 7.76. The van der Waals surface area contributed by atoms with Gasteiger partial charge in [0.25, 0.3) is 0 Å². The maximum atomic E-state index is 12.5. The normalized spacial score (nSPS) is 12.0. The maximum absolute atomic E-state index is 12.5. The molecule has 0 aliphatic heterocycles. The monoisotopic (exact) mass is 523 g/mol. The Morgan fingerprint density at radius 1 is 1.14 bits per heavy atom. The second-order valence-electron chi connectivity index (χ2n) is 3.84. The van der Waals surface area contributed by atoms with Gasteiger partial charge in [-0.1, -0.05) is 0 Å². The summed E-state index contributed by atoms with van der Waals surface area (Å²) in [6, 6.07) is 2.13. The Labute approximate surface area is 152 Å². The number of hydrogen-bond acceptors (Lipinski definition) is 6. The fourth-order valence-electron chi connectivity index (χ4n) is 1.55. The Morgan fingerprint density at radius 3 is 2.05 bits per heavy atom. The van der Waals surface area contributed by atoms with Gasteiger partial charge in [0.1, 0.15) is 10.6 Å². The van der Waals surface area contributed by atoms with Crippen LogP contribution in [0.15, 0.2) is 17.0 Å². The van der Waals surface area contributed by atoms with Crippen molar-refractivity contribution in [2.75, 3.05) is 13.2 Å². The summed E-state index contributed by atoms with van der Waals surface area (Å²) in [4.78, 5) is 10.2. The van der Waals surface area contributed by atoms with Crippen LogP contribution in [-0.4, -0.2) is 28.0 Å². The third kappa shape index (κ3) is 4.12. The molecule has 7 nitrogen and oxygen atoms in total. The van der Waals surface area contributed by atoms with Crippen molar-refractivity contribution in [3.63, 3.8) is 0 Å². The zero-order valence-corrected chi connectivity index (χ0v) is 17.1. The van der Waals surface area contributed by atoms with Gasteiger partial charge < -0.3 is 9.47 Å². The lowest BCUT2D eigenvalue weighted by atomic mass is 10.2. The highest BCUT2D eigenvalue weighted by molar-refractivity contribution is 9.42. The number of halogens is 3. The molecule has 1 aromatic rings. The standard InChI is InChI=1S/C11H12Br3NO6S/c1-3-20-8-6-10(22(18,19)11(12,13)14)9(21-4-2)5-7(8)15(16)17/h5-6H,3-4H2,1-2H3. The first-order valence-corrected chi connectivity index (χ1v) is 9.81. The summed E-state index contributed by atoms with van der Waals surface area (Å²) < 4.78 is 33.9. The van der Waals surface area contributed by atoms with Crippen molar-refractivity contribution in [3.8, 4) is 11.5 Å². The van der Waals surface area contributed by atoms with Gasteiger partial charge in [0.15, 0.2) is 5.75 Å². The van der Waals surface area contributed by atoms with Crippen LogP contribution in [0.5, 0.6) is 11.5 Å². The van der Waals surface area contributed by atoms with Crippen LogP contribution in [0.1, 0.15) is 13.8 Å². The molecular weight excluding hydrogens is 514 g/mol. The van der Waals surface area contributed by atoms with Crippen LogP contribution < -0.4 is 9.47 Å². The number of nitrogens with zero attached hydrogens (tertiary/aromatic N) is 1. The van der Waals surface area contributed by atoms with Crippen molar-refractivity contribution in [1.29, 1.82) is 0 Å². The van der Waals surface area contributed by atoms with Crippen LogP contribution in [0.4, 0.5) is 5.69 Å². The first kappa shape index (κ1) is 19.7. The van der Waals surface area contributed by atoms with Crippen LogP contribution in [-0.2, 0) is 9.84 Å². The molecule has 0 amide bonds. The highest BCUT2D eigenvalue weighted by Gasteiger charge is 2.41. The lowest BCUT2D eigenvalue weighted by Crippen LogP contribution is -2.19. The van der Waals surface area contributed by atoms with E-state index in [1.807, 2.05) is 0 Å². The Kier molecular flexibility index (Phi) is 6.66. The van der Waals surface area contributed by atoms with E-state index in [0.717, 1.165) is 12.1 Å². The van der Waals surface area contributed by atoms with E-state index in [0.29, 0.717) is 0 Å². The minimum Gasteiger partial charge on any atom is -0.492 e. The van der Waals surface area contributed by atoms with E-state index < -0.39 is 16.2 Å². The van der Waals surface area contributed by atoms with Crippen molar-refractivity contribution in [3.05, 3.63) is 22.2 Å². The zero-order chi connectivity index (χ0) is 17.1. The number of nitro groups is 1. The van der Waals surface area contributed by atoms with Crippen molar-refractivity contribution in [2.24, 2.45) is 0 Å². The first-order valence-electron chi connectivity index (χ1n) is 5.95. The van der Waals surface area contributed by atoms with E-state index in [9.17, 15) is 18.5 Å². The van der Waals surface area contributed by atoms with E-state index >= 15 is 0 Å². The molecule has 0 fully saturated rings. The molecule has 0 unspecified atom stereocenters. The van der Waals surface area contributed by atoms with E-state index in [1.165, 1.54) is 0 Å². The van der Waals surface area contributed by atoms with Gasteiger partial charge in [-0.15, -0.1) is 0 Å².